The van der Waals surface area contributed by atoms with Crippen LogP contribution in [0.4, 0.5) is 5.13 Å². The number of amides is 1. The number of rotatable bonds is 3. The van der Waals surface area contributed by atoms with E-state index in [1.54, 1.807) is 0 Å². The van der Waals surface area contributed by atoms with Crippen molar-refractivity contribution in [1.29, 1.82) is 0 Å². The van der Waals surface area contributed by atoms with Crippen LogP contribution in [0, 0.1) is 0 Å². The van der Waals surface area contributed by atoms with Crippen molar-refractivity contribution < 1.29 is 13.2 Å². The number of benzene rings is 1. The lowest BCUT2D eigenvalue weighted by Crippen LogP contribution is -2.52. The van der Waals surface area contributed by atoms with Gasteiger partial charge in [0.2, 0.25) is 15.4 Å². The highest BCUT2D eigenvalue weighted by molar-refractivity contribution is 7.91. The van der Waals surface area contributed by atoms with Gasteiger partial charge in [0.15, 0.2) is 0 Å². The number of aromatic nitrogens is 2. The zero-order valence-electron chi connectivity index (χ0n) is 14.3. The molecule has 0 radical (unpaired) electrons. The second kappa shape index (κ2) is 6.69. The van der Waals surface area contributed by atoms with Crippen LogP contribution in [0.15, 0.2) is 28.6 Å². The fourth-order valence-electron chi connectivity index (χ4n) is 3.55. The lowest BCUT2D eigenvalue weighted by atomic mass is 9.91. The Morgan fingerprint density at radius 1 is 1.23 bits per heavy atom. The molecule has 1 fully saturated rings. The Hall–Kier alpha value is -1.88. The highest BCUT2D eigenvalue weighted by Gasteiger charge is 2.38. The Morgan fingerprint density at radius 3 is 2.85 bits per heavy atom. The van der Waals surface area contributed by atoms with Gasteiger partial charge in [0, 0.05) is 39.1 Å². The average Bonchev–Trinajstić information content (AvgIpc) is 3.09. The summed E-state index contributed by atoms with van der Waals surface area (Å²) in [6, 6.07) is 8.29. The zero-order valence-corrected chi connectivity index (χ0v) is 15.9. The van der Waals surface area contributed by atoms with E-state index in [-0.39, 0.29) is 21.4 Å². The van der Waals surface area contributed by atoms with E-state index in [1.807, 2.05) is 12.1 Å². The molecule has 0 bridgehead atoms. The summed E-state index contributed by atoms with van der Waals surface area (Å²) in [6.07, 6.45) is 0.996. The first-order chi connectivity index (χ1) is 12.4. The molecule has 8 nitrogen and oxygen atoms in total. The first-order valence-electron chi connectivity index (χ1n) is 8.38. The van der Waals surface area contributed by atoms with Crippen LogP contribution in [0.1, 0.15) is 24.1 Å². The van der Waals surface area contributed by atoms with Gasteiger partial charge in [0.05, 0.1) is 0 Å². The number of carbonyl (C=O) groups excluding carboxylic acids is 1. The van der Waals surface area contributed by atoms with Gasteiger partial charge in [-0.1, -0.05) is 35.6 Å². The number of carbonyl (C=O) groups is 1. The zero-order chi connectivity index (χ0) is 18.3. The van der Waals surface area contributed by atoms with Crippen LogP contribution >= 0.6 is 11.3 Å². The van der Waals surface area contributed by atoms with E-state index in [0.717, 1.165) is 24.3 Å². The third-order valence-electron chi connectivity index (χ3n) is 4.79. The Balaban J connectivity index is 1.59. The maximum atomic E-state index is 13.0. The van der Waals surface area contributed by atoms with E-state index in [2.05, 4.69) is 32.5 Å². The molecule has 1 saturated heterocycles. The summed E-state index contributed by atoms with van der Waals surface area (Å²) in [6.45, 7) is 3.80. The van der Waals surface area contributed by atoms with E-state index < -0.39 is 10.0 Å². The van der Waals surface area contributed by atoms with Crippen molar-refractivity contribution in [3.8, 4) is 0 Å². The summed E-state index contributed by atoms with van der Waals surface area (Å²) in [7, 11) is -3.73. The van der Waals surface area contributed by atoms with Crippen LogP contribution in [0.2, 0.25) is 0 Å². The number of sulfonamides is 1. The quantitative estimate of drug-likeness (QED) is 0.785. The highest BCUT2D eigenvalue weighted by atomic mass is 32.2. The van der Waals surface area contributed by atoms with Crippen LogP contribution in [0.5, 0.6) is 0 Å². The van der Waals surface area contributed by atoms with E-state index in [9.17, 15) is 13.2 Å². The van der Waals surface area contributed by atoms with Crippen LogP contribution in [0.25, 0.3) is 0 Å². The van der Waals surface area contributed by atoms with Crippen molar-refractivity contribution in [2.45, 2.75) is 23.7 Å². The molecule has 2 aliphatic rings. The fraction of sp³-hybridized carbons (Fsp3) is 0.438. The van der Waals surface area contributed by atoms with Gasteiger partial charge in [0.1, 0.15) is 0 Å². The van der Waals surface area contributed by atoms with Gasteiger partial charge in [-0.25, -0.2) is 8.42 Å². The summed E-state index contributed by atoms with van der Waals surface area (Å²) >= 11 is 0.879. The standard InChI is InChI=1S/C16H19N5O3S2/c1-11(22)17-15-18-19-16(25-15)26(23,24)21-9-8-20-7-6-12-4-2-3-5-13(12)14(20)10-21/h2-5,14H,6-10H2,1H3,(H,17,18,22). The second-order valence-electron chi connectivity index (χ2n) is 6.42. The number of hydrogen-bond acceptors (Lipinski definition) is 7. The minimum Gasteiger partial charge on any atom is -0.301 e. The molecule has 1 amide bonds. The summed E-state index contributed by atoms with van der Waals surface area (Å²) in [5.74, 6) is -0.308. The minimum absolute atomic E-state index is 0.0613. The summed E-state index contributed by atoms with van der Waals surface area (Å²) in [5.41, 5.74) is 2.49. The molecule has 10 heteroatoms. The summed E-state index contributed by atoms with van der Waals surface area (Å²) < 4.78 is 27.3. The SMILES string of the molecule is CC(=O)Nc1nnc(S(=O)(=O)N2CCN3CCc4ccccc4C3C2)s1. The molecule has 1 atom stereocenters. The smallest absolute Gasteiger partial charge is 0.272 e. The van der Waals surface area contributed by atoms with E-state index in [4.69, 9.17) is 0 Å². The molecule has 1 N–H and O–H groups in total. The monoisotopic (exact) mass is 393 g/mol. The number of piperazine rings is 1. The van der Waals surface area contributed by atoms with Gasteiger partial charge in [-0.2, -0.15) is 4.31 Å². The Labute approximate surface area is 155 Å². The normalized spacial score (nSPS) is 21.0. The van der Waals surface area contributed by atoms with Crippen molar-refractivity contribution in [3.63, 3.8) is 0 Å². The van der Waals surface area contributed by atoms with E-state index in [0.29, 0.717) is 19.6 Å². The lowest BCUT2D eigenvalue weighted by molar-refractivity contribution is -0.114. The van der Waals surface area contributed by atoms with Crippen LogP contribution in [0.3, 0.4) is 0 Å². The van der Waals surface area contributed by atoms with Crippen molar-refractivity contribution in [2.75, 3.05) is 31.5 Å². The molecular formula is C16H19N5O3S2. The Bertz CT molecular complexity index is 943. The Kier molecular flexibility index (Phi) is 4.51. The molecule has 138 valence electrons. The van der Waals surface area contributed by atoms with Gasteiger partial charge in [-0.15, -0.1) is 10.2 Å². The number of nitrogens with zero attached hydrogens (tertiary/aromatic N) is 4. The molecule has 0 saturated carbocycles. The topological polar surface area (TPSA) is 95.5 Å². The predicted octanol–water partition coefficient (Wildman–Crippen LogP) is 1.10. The summed E-state index contributed by atoms with van der Waals surface area (Å²) in [4.78, 5) is 13.5. The van der Waals surface area contributed by atoms with Crippen LogP contribution in [-0.2, 0) is 21.2 Å². The van der Waals surface area contributed by atoms with Crippen LogP contribution in [-0.4, -0.2) is 59.9 Å². The minimum atomic E-state index is -3.73. The number of anilines is 1. The molecule has 2 aromatic rings. The Morgan fingerprint density at radius 2 is 2.04 bits per heavy atom. The molecule has 26 heavy (non-hydrogen) atoms. The van der Waals surface area contributed by atoms with Gasteiger partial charge in [-0.3, -0.25) is 9.69 Å². The molecule has 0 spiro atoms. The van der Waals surface area contributed by atoms with Gasteiger partial charge in [0.25, 0.3) is 10.0 Å². The molecular weight excluding hydrogens is 374 g/mol. The second-order valence-corrected chi connectivity index (χ2v) is 9.51. The van der Waals surface area contributed by atoms with E-state index in [1.165, 1.54) is 22.4 Å². The number of hydrogen-bond donors (Lipinski definition) is 1. The molecule has 3 heterocycles. The molecule has 0 aliphatic carbocycles. The molecule has 1 aromatic carbocycles. The fourth-order valence-corrected chi connectivity index (χ4v) is 6.08. The van der Waals surface area contributed by atoms with Crippen molar-refractivity contribution in [3.05, 3.63) is 35.4 Å². The largest absolute Gasteiger partial charge is 0.301 e. The number of nitrogens with one attached hydrogen (secondary N) is 1. The third-order valence-corrected chi connectivity index (χ3v) is 7.84. The first-order valence-corrected chi connectivity index (χ1v) is 10.6. The van der Waals surface area contributed by atoms with Crippen molar-refractivity contribution in [2.24, 2.45) is 0 Å². The molecule has 1 unspecified atom stereocenters. The van der Waals surface area contributed by atoms with Gasteiger partial charge >= 0.3 is 0 Å². The maximum absolute atomic E-state index is 13.0. The predicted molar refractivity (Wildman–Crippen MR) is 97.4 cm³/mol. The first kappa shape index (κ1) is 17.5. The maximum Gasteiger partial charge on any atom is 0.272 e. The van der Waals surface area contributed by atoms with Gasteiger partial charge in [-0.05, 0) is 17.5 Å². The van der Waals surface area contributed by atoms with Crippen molar-refractivity contribution in [1.82, 2.24) is 19.4 Å². The highest BCUT2D eigenvalue weighted by Crippen LogP contribution is 2.34. The number of fused-ring (bicyclic) bond motifs is 3. The van der Waals surface area contributed by atoms with Crippen LogP contribution < -0.4 is 5.32 Å². The lowest BCUT2D eigenvalue weighted by Gasteiger charge is -2.44. The molecule has 2 aliphatic heterocycles. The average molecular weight is 393 g/mol. The van der Waals surface area contributed by atoms with E-state index >= 15 is 0 Å². The van der Waals surface area contributed by atoms with Crippen molar-refractivity contribution >= 4 is 32.4 Å². The molecule has 4 rings (SSSR count). The van der Waals surface area contributed by atoms with Gasteiger partial charge < -0.3 is 5.32 Å². The summed E-state index contributed by atoms with van der Waals surface area (Å²) in [5, 5.41) is 10.2. The molecule has 1 aromatic heterocycles. The third kappa shape index (κ3) is 3.13.